The van der Waals surface area contributed by atoms with Crippen molar-refractivity contribution in [3.8, 4) is 0 Å². The molecule has 4 heteroatoms. The van der Waals surface area contributed by atoms with E-state index < -0.39 is 23.7 Å². The molecule has 0 aromatic heterocycles. The minimum absolute atomic E-state index is 0.104. The van der Waals surface area contributed by atoms with Crippen LogP contribution in [-0.4, -0.2) is 17.0 Å². The summed E-state index contributed by atoms with van der Waals surface area (Å²) in [7, 11) is 0. The summed E-state index contributed by atoms with van der Waals surface area (Å²) in [4.78, 5) is 10.9. The molecule has 100 valence electrons. The Balaban J connectivity index is 2.73. The van der Waals surface area contributed by atoms with Crippen molar-refractivity contribution in [2.24, 2.45) is 23.7 Å². The second-order valence-corrected chi connectivity index (χ2v) is 5.78. The van der Waals surface area contributed by atoms with Gasteiger partial charge in [-0.05, 0) is 31.1 Å². The standard InChI is InChI=1S/C13H22F2O2/c1-8(2)6-9(3)11-7-10(12(16)17)4-5-13(11,14)15/h8-11H,4-7H2,1-3H3,(H,16,17). The second kappa shape index (κ2) is 5.32. The summed E-state index contributed by atoms with van der Waals surface area (Å²) in [5, 5.41) is 8.95. The van der Waals surface area contributed by atoms with E-state index in [2.05, 4.69) is 0 Å². The van der Waals surface area contributed by atoms with E-state index in [9.17, 15) is 13.6 Å². The topological polar surface area (TPSA) is 37.3 Å². The Morgan fingerprint density at radius 1 is 1.41 bits per heavy atom. The van der Waals surface area contributed by atoms with Crippen molar-refractivity contribution in [2.75, 3.05) is 0 Å². The summed E-state index contributed by atoms with van der Waals surface area (Å²) in [6.45, 7) is 5.83. The van der Waals surface area contributed by atoms with Gasteiger partial charge in [0.15, 0.2) is 0 Å². The second-order valence-electron chi connectivity index (χ2n) is 5.78. The molecule has 0 amide bonds. The fraction of sp³-hybridized carbons (Fsp3) is 0.923. The minimum atomic E-state index is -2.69. The van der Waals surface area contributed by atoms with Gasteiger partial charge in [-0.2, -0.15) is 0 Å². The first-order valence-corrected chi connectivity index (χ1v) is 6.34. The first-order chi connectivity index (χ1) is 7.74. The quantitative estimate of drug-likeness (QED) is 0.821. The van der Waals surface area contributed by atoms with Crippen molar-refractivity contribution in [3.63, 3.8) is 0 Å². The van der Waals surface area contributed by atoms with Crippen molar-refractivity contribution >= 4 is 5.97 Å². The van der Waals surface area contributed by atoms with Gasteiger partial charge >= 0.3 is 5.97 Å². The van der Waals surface area contributed by atoms with Crippen LogP contribution in [0.2, 0.25) is 0 Å². The number of hydrogen-bond acceptors (Lipinski definition) is 1. The number of carboxylic acid groups (broad SMARTS) is 1. The largest absolute Gasteiger partial charge is 0.481 e. The van der Waals surface area contributed by atoms with Crippen LogP contribution in [0.1, 0.15) is 46.5 Å². The van der Waals surface area contributed by atoms with E-state index >= 15 is 0 Å². The molecule has 3 unspecified atom stereocenters. The summed E-state index contributed by atoms with van der Waals surface area (Å²) >= 11 is 0. The van der Waals surface area contributed by atoms with Crippen LogP contribution in [0.3, 0.4) is 0 Å². The van der Waals surface area contributed by atoms with Crippen molar-refractivity contribution < 1.29 is 18.7 Å². The SMILES string of the molecule is CC(C)CC(C)C1CC(C(=O)O)CCC1(F)F. The zero-order chi connectivity index (χ0) is 13.2. The molecule has 0 aromatic carbocycles. The van der Waals surface area contributed by atoms with Gasteiger partial charge in [0.05, 0.1) is 5.92 Å². The van der Waals surface area contributed by atoms with E-state index in [0.717, 1.165) is 6.42 Å². The fourth-order valence-corrected chi connectivity index (χ4v) is 2.93. The van der Waals surface area contributed by atoms with Crippen LogP contribution < -0.4 is 0 Å². The molecule has 1 aliphatic rings. The lowest BCUT2D eigenvalue weighted by Crippen LogP contribution is -2.41. The molecule has 2 nitrogen and oxygen atoms in total. The molecule has 1 fully saturated rings. The Morgan fingerprint density at radius 2 is 2.00 bits per heavy atom. The smallest absolute Gasteiger partial charge is 0.306 e. The van der Waals surface area contributed by atoms with Crippen LogP contribution in [0, 0.1) is 23.7 Å². The molecule has 1 saturated carbocycles. The van der Waals surface area contributed by atoms with Gasteiger partial charge in [-0.25, -0.2) is 8.78 Å². The van der Waals surface area contributed by atoms with Crippen LogP contribution >= 0.6 is 0 Å². The third-order valence-corrected chi connectivity index (χ3v) is 3.79. The number of carbonyl (C=O) groups is 1. The lowest BCUT2D eigenvalue weighted by molar-refractivity contribution is -0.154. The van der Waals surface area contributed by atoms with E-state index in [1.165, 1.54) is 0 Å². The maximum absolute atomic E-state index is 13.8. The summed E-state index contributed by atoms with van der Waals surface area (Å²) < 4.78 is 27.6. The Labute approximate surface area is 101 Å². The molecule has 0 heterocycles. The van der Waals surface area contributed by atoms with Gasteiger partial charge in [-0.1, -0.05) is 20.8 Å². The molecule has 0 spiro atoms. The molecule has 1 N–H and O–H groups in total. The maximum Gasteiger partial charge on any atom is 0.306 e. The summed E-state index contributed by atoms with van der Waals surface area (Å²) in [6.07, 6.45) is 0.674. The molecule has 0 aliphatic heterocycles. The van der Waals surface area contributed by atoms with Crippen LogP contribution in [0.25, 0.3) is 0 Å². The third kappa shape index (κ3) is 3.65. The normalized spacial score (nSPS) is 30.2. The average molecular weight is 248 g/mol. The average Bonchev–Trinajstić information content (AvgIpc) is 2.15. The molecule has 0 saturated heterocycles. The lowest BCUT2D eigenvalue weighted by Gasteiger charge is -2.38. The van der Waals surface area contributed by atoms with Crippen molar-refractivity contribution in [1.82, 2.24) is 0 Å². The highest BCUT2D eigenvalue weighted by Crippen LogP contribution is 2.46. The van der Waals surface area contributed by atoms with Gasteiger partial charge in [-0.15, -0.1) is 0 Å². The van der Waals surface area contributed by atoms with E-state index in [1.807, 2.05) is 20.8 Å². The van der Waals surface area contributed by atoms with Gasteiger partial charge < -0.3 is 5.11 Å². The minimum Gasteiger partial charge on any atom is -0.481 e. The summed E-state index contributed by atoms with van der Waals surface area (Å²) in [6, 6.07) is 0. The molecule has 0 aromatic rings. The predicted molar refractivity (Wildman–Crippen MR) is 62.0 cm³/mol. The maximum atomic E-state index is 13.8. The first-order valence-electron chi connectivity index (χ1n) is 6.34. The molecular weight excluding hydrogens is 226 g/mol. The van der Waals surface area contributed by atoms with Crippen molar-refractivity contribution in [2.45, 2.75) is 52.4 Å². The third-order valence-electron chi connectivity index (χ3n) is 3.79. The number of hydrogen-bond donors (Lipinski definition) is 1. The van der Waals surface area contributed by atoms with Gasteiger partial charge in [0.1, 0.15) is 0 Å². The van der Waals surface area contributed by atoms with Gasteiger partial charge in [0.2, 0.25) is 0 Å². The van der Waals surface area contributed by atoms with E-state index in [1.54, 1.807) is 0 Å². The Bertz CT molecular complexity index is 277. The van der Waals surface area contributed by atoms with Crippen molar-refractivity contribution in [3.05, 3.63) is 0 Å². The predicted octanol–water partition coefficient (Wildman–Crippen LogP) is 3.80. The number of rotatable bonds is 4. The molecule has 0 radical (unpaired) electrons. The number of halogens is 2. The number of aliphatic carboxylic acids is 1. The van der Waals surface area contributed by atoms with Crippen LogP contribution in [0.5, 0.6) is 0 Å². The van der Waals surface area contributed by atoms with E-state index in [-0.39, 0.29) is 25.2 Å². The highest BCUT2D eigenvalue weighted by Gasteiger charge is 2.48. The zero-order valence-corrected chi connectivity index (χ0v) is 10.7. The van der Waals surface area contributed by atoms with Crippen LogP contribution in [0.15, 0.2) is 0 Å². The number of carboxylic acids is 1. The van der Waals surface area contributed by atoms with Gasteiger partial charge in [0.25, 0.3) is 5.92 Å². The van der Waals surface area contributed by atoms with E-state index in [0.29, 0.717) is 5.92 Å². The highest BCUT2D eigenvalue weighted by molar-refractivity contribution is 5.70. The van der Waals surface area contributed by atoms with Gasteiger partial charge in [0, 0.05) is 12.3 Å². The molecule has 0 bridgehead atoms. The number of alkyl halides is 2. The Hall–Kier alpha value is -0.670. The van der Waals surface area contributed by atoms with Crippen LogP contribution in [0.4, 0.5) is 8.78 Å². The summed E-state index contributed by atoms with van der Waals surface area (Å²) in [5.74, 6) is -4.74. The molecular formula is C13H22F2O2. The zero-order valence-electron chi connectivity index (χ0n) is 10.7. The Kier molecular flexibility index (Phi) is 4.50. The van der Waals surface area contributed by atoms with Crippen LogP contribution in [-0.2, 0) is 4.79 Å². The molecule has 1 aliphatic carbocycles. The molecule has 1 rings (SSSR count). The molecule has 17 heavy (non-hydrogen) atoms. The molecule has 3 atom stereocenters. The Morgan fingerprint density at radius 3 is 2.47 bits per heavy atom. The first kappa shape index (κ1) is 14.4. The highest BCUT2D eigenvalue weighted by atomic mass is 19.3. The van der Waals surface area contributed by atoms with Crippen molar-refractivity contribution in [1.29, 1.82) is 0 Å². The lowest BCUT2D eigenvalue weighted by atomic mass is 9.71. The monoisotopic (exact) mass is 248 g/mol. The van der Waals surface area contributed by atoms with Gasteiger partial charge in [-0.3, -0.25) is 4.79 Å². The summed E-state index contributed by atoms with van der Waals surface area (Å²) in [5.41, 5.74) is 0. The van der Waals surface area contributed by atoms with E-state index in [4.69, 9.17) is 5.11 Å². The fourth-order valence-electron chi connectivity index (χ4n) is 2.93.